The van der Waals surface area contributed by atoms with Crippen LogP contribution in [0.25, 0.3) is 10.8 Å². The van der Waals surface area contributed by atoms with Gasteiger partial charge < -0.3 is 9.52 Å². The van der Waals surface area contributed by atoms with E-state index < -0.39 is 5.97 Å². The summed E-state index contributed by atoms with van der Waals surface area (Å²) in [5, 5.41) is 18.6. The van der Waals surface area contributed by atoms with E-state index in [1.54, 1.807) is 11.3 Å². The van der Waals surface area contributed by atoms with E-state index in [1.165, 1.54) is 5.56 Å². The molecule has 5 nitrogen and oxygen atoms in total. The lowest BCUT2D eigenvalue weighted by molar-refractivity contribution is -0.137. The molecule has 0 atom stereocenters. The first kappa shape index (κ1) is 13.7. The van der Waals surface area contributed by atoms with E-state index in [0.29, 0.717) is 24.6 Å². The van der Waals surface area contributed by atoms with Gasteiger partial charge in [-0.1, -0.05) is 6.92 Å². The second-order valence-corrected chi connectivity index (χ2v) is 5.15. The van der Waals surface area contributed by atoms with Crippen molar-refractivity contribution in [2.24, 2.45) is 0 Å². The molecule has 0 aliphatic rings. The zero-order valence-electron chi connectivity index (χ0n) is 10.8. The van der Waals surface area contributed by atoms with Gasteiger partial charge >= 0.3 is 5.97 Å². The molecule has 19 heavy (non-hydrogen) atoms. The molecular weight excluding hydrogens is 264 g/mol. The van der Waals surface area contributed by atoms with Crippen molar-refractivity contribution in [2.45, 2.75) is 39.0 Å². The summed E-state index contributed by atoms with van der Waals surface area (Å²) in [7, 11) is 0. The number of aromatic nitrogens is 2. The number of thiophene rings is 1. The third-order valence-corrected chi connectivity index (χ3v) is 3.76. The minimum Gasteiger partial charge on any atom is -0.481 e. The molecule has 0 aliphatic carbocycles. The summed E-state index contributed by atoms with van der Waals surface area (Å²) in [5.41, 5.74) is 1.21. The summed E-state index contributed by atoms with van der Waals surface area (Å²) in [6.45, 7) is 2.09. The second-order valence-electron chi connectivity index (χ2n) is 4.23. The summed E-state index contributed by atoms with van der Waals surface area (Å²) in [5.74, 6) is 0.383. The molecule has 2 aromatic heterocycles. The minimum absolute atomic E-state index is 0.186. The molecule has 2 heterocycles. The number of aryl methyl sites for hydroxylation is 2. The molecule has 0 saturated carbocycles. The standard InChI is InChI=1S/C13H16N2O3S/c1-2-9-7-8-19-12(9)13-15-14-10(18-13)5-3-4-6-11(16)17/h7-8H,2-6H2,1H3,(H,16,17). The molecule has 0 amide bonds. The molecule has 6 heteroatoms. The number of unbranched alkanes of at least 4 members (excludes halogenated alkanes) is 1. The molecule has 0 unspecified atom stereocenters. The average Bonchev–Trinajstić information content (AvgIpc) is 3.02. The average molecular weight is 280 g/mol. The van der Waals surface area contributed by atoms with Crippen molar-refractivity contribution >= 4 is 17.3 Å². The Kier molecular flexibility index (Phi) is 4.68. The predicted molar refractivity (Wildman–Crippen MR) is 72.2 cm³/mol. The number of carbonyl (C=O) groups is 1. The molecule has 0 radical (unpaired) electrons. The molecular formula is C13H16N2O3S. The van der Waals surface area contributed by atoms with Crippen molar-refractivity contribution in [3.63, 3.8) is 0 Å². The predicted octanol–water partition coefficient (Wildman–Crippen LogP) is 3.16. The lowest BCUT2D eigenvalue weighted by atomic mass is 10.2. The maximum absolute atomic E-state index is 10.4. The van der Waals surface area contributed by atoms with Gasteiger partial charge in [0, 0.05) is 12.8 Å². The SMILES string of the molecule is CCc1ccsc1-c1nnc(CCCCC(=O)O)o1. The Morgan fingerprint density at radius 1 is 1.42 bits per heavy atom. The van der Waals surface area contributed by atoms with Crippen LogP contribution in [0, 0.1) is 0 Å². The van der Waals surface area contributed by atoms with E-state index in [0.717, 1.165) is 17.7 Å². The van der Waals surface area contributed by atoms with Crippen LogP contribution in [-0.2, 0) is 17.6 Å². The van der Waals surface area contributed by atoms with Crippen molar-refractivity contribution in [3.05, 3.63) is 22.9 Å². The Balaban J connectivity index is 1.94. The normalized spacial score (nSPS) is 10.8. The van der Waals surface area contributed by atoms with Crippen LogP contribution in [0.5, 0.6) is 0 Å². The first-order valence-electron chi connectivity index (χ1n) is 6.31. The molecule has 2 rings (SSSR count). The number of hydrogen-bond acceptors (Lipinski definition) is 5. The van der Waals surface area contributed by atoms with Crippen LogP contribution in [-0.4, -0.2) is 21.3 Å². The first-order valence-corrected chi connectivity index (χ1v) is 7.19. The lowest BCUT2D eigenvalue weighted by Gasteiger charge is -1.95. The van der Waals surface area contributed by atoms with E-state index in [2.05, 4.69) is 23.2 Å². The van der Waals surface area contributed by atoms with Gasteiger partial charge in [-0.3, -0.25) is 4.79 Å². The van der Waals surface area contributed by atoms with Gasteiger partial charge in [0.2, 0.25) is 5.89 Å². The van der Waals surface area contributed by atoms with Gasteiger partial charge in [0.25, 0.3) is 5.89 Å². The molecule has 1 N–H and O–H groups in total. The van der Waals surface area contributed by atoms with Gasteiger partial charge in [-0.2, -0.15) is 0 Å². The van der Waals surface area contributed by atoms with Crippen LogP contribution < -0.4 is 0 Å². The summed E-state index contributed by atoms with van der Waals surface area (Å²) in [6.07, 6.45) is 3.14. The molecule has 0 spiro atoms. The Bertz CT molecular complexity index is 548. The zero-order chi connectivity index (χ0) is 13.7. The highest BCUT2D eigenvalue weighted by Crippen LogP contribution is 2.29. The highest BCUT2D eigenvalue weighted by atomic mass is 32.1. The fourth-order valence-electron chi connectivity index (χ4n) is 1.80. The Morgan fingerprint density at radius 2 is 2.26 bits per heavy atom. The van der Waals surface area contributed by atoms with E-state index in [1.807, 2.05) is 5.38 Å². The third-order valence-electron chi connectivity index (χ3n) is 2.82. The van der Waals surface area contributed by atoms with Crippen molar-refractivity contribution in [1.29, 1.82) is 0 Å². The Morgan fingerprint density at radius 3 is 3.00 bits per heavy atom. The number of aliphatic carboxylic acids is 1. The largest absolute Gasteiger partial charge is 0.481 e. The van der Waals surface area contributed by atoms with Crippen molar-refractivity contribution < 1.29 is 14.3 Å². The van der Waals surface area contributed by atoms with Gasteiger partial charge in [0.1, 0.15) is 0 Å². The fourth-order valence-corrected chi connectivity index (χ4v) is 2.72. The summed E-state index contributed by atoms with van der Waals surface area (Å²) >= 11 is 1.60. The van der Waals surface area contributed by atoms with Crippen LogP contribution in [0.1, 0.15) is 37.6 Å². The van der Waals surface area contributed by atoms with E-state index in [-0.39, 0.29) is 6.42 Å². The molecule has 0 saturated heterocycles. The third kappa shape index (κ3) is 3.64. The smallest absolute Gasteiger partial charge is 0.303 e. The lowest BCUT2D eigenvalue weighted by Crippen LogP contribution is -1.95. The van der Waals surface area contributed by atoms with Gasteiger partial charge in [-0.25, -0.2) is 0 Å². The maximum Gasteiger partial charge on any atom is 0.303 e. The molecule has 102 valence electrons. The first-order chi connectivity index (χ1) is 9.20. The Hall–Kier alpha value is -1.69. The van der Waals surface area contributed by atoms with Gasteiger partial charge in [-0.05, 0) is 36.3 Å². The Labute approximate surface area is 115 Å². The monoisotopic (exact) mass is 280 g/mol. The van der Waals surface area contributed by atoms with Crippen molar-refractivity contribution in [2.75, 3.05) is 0 Å². The molecule has 0 bridgehead atoms. The summed E-state index contributed by atoms with van der Waals surface area (Å²) < 4.78 is 5.62. The van der Waals surface area contributed by atoms with E-state index >= 15 is 0 Å². The van der Waals surface area contributed by atoms with Gasteiger partial charge in [0.05, 0.1) is 4.88 Å². The highest BCUT2D eigenvalue weighted by molar-refractivity contribution is 7.13. The minimum atomic E-state index is -0.766. The van der Waals surface area contributed by atoms with Gasteiger partial charge in [-0.15, -0.1) is 21.5 Å². The number of carboxylic acid groups (broad SMARTS) is 1. The highest BCUT2D eigenvalue weighted by Gasteiger charge is 2.13. The number of rotatable bonds is 7. The number of carboxylic acids is 1. The number of nitrogens with zero attached hydrogens (tertiary/aromatic N) is 2. The maximum atomic E-state index is 10.4. The quantitative estimate of drug-likeness (QED) is 0.788. The fraction of sp³-hybridized carbons (Fsp3) is 0.462. The molecule has 2 aromatic rings. The molecule has 0 aliphatic heterocycles. The van der Waals surface area contributed by atoms with E-state index in [4.69, 9.17) is 9.52 Å². The summed E-state index contributed by atoms with van der Waals surface area (Å²) in [4.78, 5) is 11.4. The molecule has 0 aromatic carbocycles. The van der Waals surface area contributed by atoms with Crippen LogP contribution in [0.15, 0.2) is 15.9 Å². The number of hydrogen-bond donors (Lipinski definition) is 1. The molecule has 0 fully saturated rings. The topological polar surface area (TPSA) is 76.2 Å². The van der Waals surface area contributed by atoms with Crippen LogP contribution in [0.4, 0.5) is 0 Å². The zero-order valence-corrected chi connectivity index (χ0v) is 11.6. The van der Waals surface area contributed by atoms with Crippen LogP contribution >= 0.6 is 11.3 Å². The summed E-state index contributed by atoms with van der Waals surface area (Å²) in [6, 6.07) is 2.07. The second kappa shape index (κ2) is 6.47. The van der Waals surface area contributed by atoms with E-state index in [9.17, 15) is 4.79 Å². The van der Waals surface area contributed by atoms with Gasteiger partial charge in [0.15, 0.2) is 0 Å². The van der Waals surface area contributed by atoms with Crippen molar-refractivity contribution in [3.8, 4) is 10.8 Å². The van der Waals surface area contributed by atoms with Crippen LogP contribution in [0.2, 0.25) is 0 Å². The van der Waals surface area contributed by atoms with Crippen LogP contribution in [0.3, 0.4) is 0 Å². The van der Waals surface area contributed by atoms with Crippen molar-refractivity contribution in [1.82, 2.24) is 10.2 Å².